The average Bonchev–Trinajstić information content (AvgIpc) is 2.63. The van der Waals surface area contributed by atoms with Crippen LogP contribution in [-0.4, -0.2) is 41.3 Å². The maximum Gasteiger partial charge on any atom is 0.372 e. The summed E-state index contributed by atoms with van der Waals surface area (Å²) in [5.41, 5.74) is 0.721. The fourth-order valence-corrected chi connectivity index (χ4v) is 2.30. The molecule has 0 unspecified atom stereocenters. The van der Waals surface area contributed by atoms with Gasteiger partial charge in [0.2, 0.25) is 5.76 Å². The molecule has 1 aromatic heterocycles. The molecule has 0 radical (unpaired) electrons. The number of nitrogens with zero attached hydrogens (tertiary/aromatic N) is 1. The maximum atomic E-state index is 10.9. The molecule has 94 valence electrons. The fourth-order valence-electron chi connectivity index (χ4n) is 2.30. The molecule has 5 nitrogen and oxygen atoms in total. The van der Waals surface area contributed by atoms with Gasteiger partial charge >= 0.3 is 5.97 Å². The second-order valence-electron chi connectivity index (χ2n) is 4.53. The van der Waals surface area contributed by atoms with E-state index in [0.717, 1.165) is 18.7 Å². The van der Waals surface area contributed by atoms with Crippen molar-refractivity contribution in [1.82, 2.24) is 4.90 Å². The number of morpholine rings is 1. The third-order valence-corrected chi connectivity index (χ3v) is 2.83. The van der Waals surface area contributed by atoms with Crippen molar-refractivity contribution in [3.63, 3.8) is 0 Å². The average molecular weight is 239 g/mol. The van der Waals surface area contributed by atoms with Gasteiger partial charge in [-0.2, -0.15) is 0 Å². The quantitative estimate of drug-likeness (QED) is 0.867. The number of carbonyl (C=O) groups is 1. The van der Waals surface area contributed by atoms with E-state index in [9.17, 15) is 4.79 Å². The molecule has 2 atom stereocenters. The Hall–Kier alpha value is -1.33. The lowest BCUT2D eigenvalue weighted by molar-refractivity contribution is -0.0705. The van der Waals surface area contributed by atoms with E-state index in [4.69, 9.17) is 14.3 Å². The molecule has 1 aliphatic rings. The predicted octanol–water partition coefficient (Wildman–Crippen LogP) is 1.59. The van der Waals surface area contributed by atoms with E-state index in [1.807, 2.05) is 13.8 Å². The molecule has 1 aromatic rings. The highest BCUT2D eigenvalue weighted by Crippen LogP contribution is 2.17. The van der Waals surface area contributed by atoms with Crippen molar-refractivity contribution in [1.29, 1.82) is 0 Å². The minimum Gasteiger partial charge on any atom is -0.475 e. The molecule has 17 heavy (non-hydrogen) atoms. The van der Waals surface area contributed by atoms with E-state index in [2.05, 4.69) is 4.90 Å². The molecule has 1 fully saturated rings. The monoisotopic (exact) mass is 239 g/mol. The minimum atomic E-state index is -1.01. The summed E-state index contributed by atoms with van der Waals surface area (Å²) in [4.78, 5) is 13.1. The molecule has 0 bridgehead atoms. The second-order valence-corrected chi connectivity index (χ2v) is 4.53. The van der Waals surface area contributed by atoms with Crippen molar-refractivity contribution in [2.45, 2.75) is 32.6 Å². The zero-order valence-corrected chi connectivity index (χ0v) is 10.0. The van der Waals surface area contributed by atoms with Crippen LogP contribution >= 0.6 is 0 Å². The lowest BCUT2D eigenvalue weighted by Crippen LogP contribution is -2.44. The topological polar surface area (TPSA) is 62.9 Å². The summed E-state index contributed by atoms with van der Waals surface area (Å²) in [5, 5.41) is 8.95. The van der Waals surface area contributed by atoms with Crippen LogP contribution < -0.4 is 0 Å². The highest BCUT2D eigenvalue weighted by molar-refractivity contribution is 5.86. The Balaban J connectivity index is 2.05. The first-order valence-corrected chi connectivity index (χ1v) is 5.73. The van der Waals surface area contributed by atoms with Crippen LogP contribution in [0, 0.1) is 0 Å². The van der Waals surface area contributed by atoms with Gasteiger partial charge in [-0.15, -0.1) is 0 Å². The van der Waals surface area contributed by atoms with Gasteiger partial charge in [0, 0.05) is 25.2 Å². The maximum absolute atomic E-state index is 10.9. The molecule has 0 aromatic carbocycles. The first-order valence-electron chi connectivity index (χ1n) is 5.73. The lowest BCUT2D eigenvalue weighted by Gasteiger charge is -2.35. The summed E-state index contributed by atoms with van der Waals surface area (Å²) in [5.74, 6) is -0.976. The second kappa shape index (κ2) is 4.89. The van der Waals surface area contributed by atoms with Crippen molar-refractivity contribution < 1.29 is 19.1 Å². The van der Waals surface area contributed by atoms with Gasteiger partial charge in [-0.25, -0.2) is 4.79 Å². The fraction of sp³-hybridized carbons (Fsp3) is 0.583. The van der Waals surface area contributed by atoms with Gasteiger partial charge in [0.25, 0.3) is 0 Å². The third kappa shape index (κ3) is 2.87. The molecule has 0 spiro atoms. The molecule has 0 saturated carbocycles. The molecule has 0 amide bonds. The number of ether oxygens (including phenoxy) is 1. The van der Waals surface area contributed by atoms with E-state index in [0.29, 0.717) is 6.54 Å². The van der Waals surface area contributed by atoms with Gasteiger partial charge in [-0.1, -0.05) is 0 Å². The molecule has 2 rings (SSSR count). The van der Waals surface area contributed by atoms with E-state index in [1.54, 1.807) is 6.07 Å². The van der Waals surface area contributed by atoms with E-state index in [1.165, 1.54) is 6.26 Å². The number of carboxylic acid groups (broad SMARTS) is 1. The Morgan fingerprint density at radius 3 is 2.71 bits per heavy atom. The normalized spacial score (nSPS) is 26.0. The van der Waals surface area contributed by atoms with Crippen molar-refractivity contribution >= 4 is 5.97 Å². The van der Waals surface area contributed by atoms with Crippen molar-refractivity contribution in [2.75, 3.05) is 13.1 Å². The van der Waals surface area contributed by atoms with Crippen molar-refractivity contribution in [3.8, 4) is 0 Å². The van der Waals surface area contributed by atoms with Gasteiger partial charge in [0.15, 0.2) is 0 Å². The molecule has 1 saturated heterocycles. The Kier molecular flexibility index (Phi) is 3.49. The van der Waals surface area contributed by atoms with Crippen LogP contribution in [0.2, 0.25) is 0 Å². The molecule has 5 heteroatoms. The molecular weight excluding hydrogens is 222 g/mol. The van der Waals surface area contributed by atoms with Crippen LogP contribution in [0.4, 0.5) is 0 Å². The van der Waals surface area contributed by atoms with Gasteiger partial charge in [-0.05, 0) is 19.9 Å². The smallest absolute Gasteiger partial charge is 0.372 e. The van der Waals surface area contributed by atoms with Crippen molar-refractivity contribution in [3.05, 3.63) is 23.7 Å². The van der Waals surface area contributed by atoms with Crippen LogP contribution in [0.15, 0.2) is 16.7 Å². The van der Waals surface area contributed by atoms with Gasteiger partial charge in [0.05, 0.1) is 18.5 Å². The number of hydrogen-bond donors (Lipinski definition) is 1. The molecule has 1 N–H and O–H groups in total. The molecule has 1 aliphatic heterocycles. The Labute approximate surface area is 100.0 Å². The summed E-state index contributed by atoms with van der Waals surface area (Å²) >= 11 is 0. The van der Waals surface area contributed by atoms with Gasteiger partial charge in [-0.3, -0.25) is 4.90 Å². The summed E-state index contributed by atoms with van der Waals surface area (Å²) in [6.07, 6.45) is 1.78. The first kappa shape index (κ1) is 12.1. The largest absolute Gasteiger partial charge is 0.475 e. The number of rotatable bonds is 3. The predicted molar refractivity (Wildman–Crippen MR) is 61.0 cm³/mol. The minimum absolute atomic E-state index is 0.0387. The van der Waals surface area contributed by atoms with Crippen LogP contribution in [0.5, 0.6) is 0 Å². The standard InChI is InChI=1S/C12H17NO4/c1-8-5-13(6-9(2)17-8)7-10-3-4-16-11(10)12(14)15/h3-4,8-9H,5-7H2,1-2H3,(H,14,15)/t8-,9+. The number of furan rings is 1. The zero-order chi connectivity index (χ0) is 12.4. The summed E-state index contributed by atoms with van der Waals surface area (Å²) in [7, 11) is 0. The highest BCUT2D eigenvalue weighted by atomic mass is 16.5. The molecular formula is C12H17NO4. The zero-order valence-electron chi connectivity index (χ0n) is 10.0. The van der Waals surface area contributed by atoms with E-state index < -0.39 is 5.97 Å². The lowest BCUT2D eigenvalue weighted by atomic mass is 10.2. The van der Waals surface area contributed by atoms with Crippen LogP contribution in [0.25, 0.3) is 0 Å². The Morgan fingerprint density at radius 1 is 1.47 bits per heavy atom. The summed E-state index contributed by atoms with van der Waals surface area (Å²) < 4.78 is 10.6. The van der Waals surface area contributed by atoms with Crippen LogP contribution in [0.1, 0.15) is 30.0 Å². The Bertz CT molecular complexity index is 391. The van der Waals surface area contributed by atoms with E-state index >= 15 is 0 Å². The molecule has 0 aliphatic carbocycles. The number of aromatic carboxylic acids is 1. The summed E-state index contributed by atoms with van der Waals surface area (Å²) in [6.45, 7) is 6.27. The van der Waals surface area contributed by atoms with Crippen LogP contribution in [-0.2, 0) is 11.3 Å². The molecule has 2 heterocycles. The van der Waals surface area contributed by atoms with Gasteiger partial charge < -0.3 is 14.3 Å². The van der Waals surface area contributed by atoms with Gasteiger partial charge in [0.1, 0.15) is 0 Å². The first-order chi connectivity index (χ1) is 8.06. The SMILES string of the molecule is C[C@@H]1CN(Cc2ccoc2C(=O)O)C[C@H](C)O1. The van der Waals surface area contributed by atoms with Crippen molar-refractivity contribution in [2.24, 2.45) is 0 Å². The third-order valence-electron chi connectivity index (χ3n) is 2.83. The number of hydrogen-bond acceptors (Lipinski definition) is 4. The highest BCUT2D eigenvalue weighted by Gasteiger charge is 2.24. The summed E-state index contributed by atoms with van der Waals surface area (Å²) in [6, 6.07) is 1.72. The number of carboxylic acids is 1. The Morgan fingerprint density at radius 2 is 2.12 bits per heavy atom. The van der Waals surface area contributed by atoms with Crippen LogP contribution in [0.3, 0.4) is 0 Å². The van der Waals surface area contributed by atoms with E-state index in [-0.39, 0.29) is 18.0 Å².